The summed E-state index contributed by atoms with van der Waals surface area (Å²) < 4.78 is 30.8. The van der Waals surface area contributed by atoms with Crippen LogP contribution < -0.4 is 9.47 Å². The molecule has 0 atom stereocenters. The number of esters is 1. The van der Waals surface area contributed by atoms with E-state index in [1.807, 2.05) is 30.3 Å². The van der Waals surface area contributed by atoms with Gasteiger partial charge in [-0.2, -0.15) is 0 Å². The van der Waals surface area contributed by atoms with Gasteiger partial charge in [0.15, 0.2) is 17.2 Å². The molecule has 4 rings (SSSR count). The number of carbonyl (C=O) groups excluding carboxylic acids is 1. The fourth-order valence-electron chi connectivity index (χ4n) is 3.40. The minimum absolute atomic E-state index is 0.209. The number of cyclic esters (lactones) is 1. The number of carbonyl (C=O) groups is 1. The number of benzene rings is 3. The maximum absolute atomic E-state index is 13.1. The minimum atomic E-state index is -0.506. The quantitative estimate of drug-likeness (QED) is 0.185. The van der Waals surface area contributed by atoms with Crippen LogP contribution in [0.4, 0.5) is 4.39 Å². The number of ether oxygens (including phenoxy) is 3. The highest BCUT2D eigenvalue weighted by molar-refractivity contribution is 14.1. The van der Waals surface area contributed by atoms with Crippen LogP contribution in [0.1, 0.15) is 42.0 Å². The number of aliphatic imine (C=N–C) groups is 1. The second kappa shape index (κ2) is 10.4. The van der Waals surface area contributed by atoms with Gasteiger partial charge < -0.3 is 14.2 Å². The van der Waals surface area contributed by atoms with Gasteiger partial charge in [-0.3, -0.25) is 0 Å². The first-order valence-corrected chi connectivity index (χ1v) is 11.8. The summed E-state index contributed by atoms with van der Waals surface area (Å²) in [5, 5.41) is 0. The van der Waals surface area contributed by atoms with Gasteiger partial charge in [0.1, 0.15) is 12.4 Å². The van der Waals surface area contributed by atoms with Gasteiger partial charge in [0.2, 0.25) is 5.90 Å². The van der Waals surface area contributed by atoms with Crippen LogP contribution in [0, 0.1) is 9.39 Å². The molecule has 1 aliphatic rings. The van der Waals surface area contributed by atoms with Gasteiger partial charge in [0.05, 0.1) is 10.7 Å². The molecule has 0 saturated heterocycles. The molecule has 0 amide bonds. The smallest absolute Gasteiger partial charge is 0.363 e. The topological polar surface area (TPSA) is 57.1 Å². The van der Waals surface area contributed by atoms with Crippen molar-refractivity contribution in [2.75, 3.05) is 7.11 Å². The van der Waals surface area contributed by atoms with Crippen molar-refractivity contribution in [2.24, 2.45) is 4.99 Å². The van der Waals surface area contributed by atoms with Crippen LogP contribution in [0.5, 0.6) is 11.5 Å². The highest BCUT2D eigenvalue weighted by Crippen LogP contribution is 2.35. The van der Waals surface area contributed by atoms with E-state index in [9.17, 15) is 9.18 Å². The Hall–Kier alpha value is -3.20. The predicted molar refractivity (Wildman–Crippen MR) is 138 cm³/mol. The van der Waals surface area contributed by atoms with Gasteiger partial charge in [-0.15, -0.1) is 0 Å². The largest absolute Gasteiger partial charge is 0.493 e. The summed E-state index contributed by atoms with van der Waals surface area (Å²) >= 11 is 2.15. The van der Waals surface area contributed by atoms with E-state index in [4.69, 9.17) is 14.2 Å². The van der Waals surface area contributed by atoms with Crippen LogP contribution in [0.2, 0.25) is 0 Å². The molecule has 7 heteroatoms. The second-order valence-corrected chi connectivity index (χ2v) is 9.22. The van der Waals surface area contributed by atoms with E-state index < -0.39 is 5.97 Å². The van der Waals surface area contributed by atoms with Crippen LogP contribution in [0.3, 0.4) is 0 Å². The normalized spacial score (nSPS) is 14.4. The Balaban J connectivity index is 1.56. The summed E-state index contributed by atoms with van der Waals surface area (Å²) in [4.78, 5) is 16.8. The molecule has 5 nitrogen and oxygen atoms in total. The van der Waals surface area contributed by atoms with Crippen molar-refractivity contribution in [1.82, 2.24) is 0 Å². The molecule has 3 aromatic carbocycles. The minimum Gasteiger partial charge on any atom is -0.493 e. The third kappa shape index (κ3) is 5.47. The third-order valence-electron chi connectivity index (χ3n) is 5.30. The SMILES string of the molecule is COc1cc(/C=C2\N=C(c3ccc(C(C)C)cc3)OC2=O)cc(I)c1OCc1ccc(F)cc1. The molecule has 1 heterocycles. The molecule has 0 radical (unpaired) electrons. The van der Waals surface area contributed by atoms with E-state index in [1.54, 1.807) is 31.4 Å². The number of hydrogen-bond donors (Lipinski definition) is 0. The Kier molecular flexibility index (Phi) is 7.31. The van der Waals surface area contributed by atoms with Gasteiger partial charge in [0.25, 0.3) is 0 Å². The van der Waals surface area contributed by atoms with Crippen LogP contribution in [0.25, 0.3) is 6.08 Å². The molecule has 0 fully saturated rings. The first kappa shape index (κ1) is 23.9. The van der Waals surface area contributed by atoms with Crippen molar-refractivity contribution >= 4 is 40.5 Å². The Morgan fingerprint density at radius 2 is 1.79 bits per heavy atom. The number of nitrogens with zero attached hydrogens (tertiary/aromatic N) is 1. The van der Waals surface area contributed by atoms with Crippen molar-refractivity contribution < 1.29 is 23.4 Å². The van der Waals surface area contributed by atoms with E-state index in [0.717, 1.165) is 20.3 Å². The molecule has 3 aromatic rings. The molecular weight excluding hydrogens is 548 g/mol. The molecule has 0 N–H and O–H groups in total. The van der Waals surface area contributed by atoms with Gasteiger partial charge in [0, 0.05) is 5.56 Å². The van der Waals surface area contributed by atoms with Crippen molar-refractivity contribution in [3.05, 3.63) is 98.0 Å². The summed E-state index contributed by atoms with van der Waals surface area (Å²) in [6.45, 7) is 4.51. The van der Waals surface area contributed by atoms with Crippen molar-refractivity contribution in [3.8, 4) is 11.5 Å². The first-order valence-electron chi connectivity index (χ1n) is 10.7. The molecular formula is C27H23FINO4. The van der Waals surface area contributed by atoms with Crippen molar-refractivity contribution in [3.63, 3.8) is 0 Å². The van der Waals surface area contributed by atoms with Crippen LogP contribution >= 0.6 is 22.6 Å². The zero-order chi connectivity index (χ0) is 24.2. The summed E-state index contributed by atoms with van der Waals surface area (Å²) in [6, 6.07) is 17.6. The van der Waals surface area contributed by atoms with E-state index in [0.29, 0.717) is 17.4 Å². The molecule has 174 valence electrons. The number of hydrogen-bond acceptors (Lipinski definition) is 5. The number of rotatable bonds is 7. The Morgan fingerprint density at radius 3 is 2.44 bits per heavy atom. The highest BCUT2D eigenvalue weighted by Gasteiger charge is 2.24. The lowest BCUT2D eigenvalue weighted by atomic mass is 10.0. The number of methoxy groups -OCH3 is 1. The lowest BCUT2D eigenvalue weighted by molar-refractivity contribution is -0.129. The second-order valence-electron chi connectivity index (χ2n) is 8.06. The molecule has 0 spiro atoms. The zero-order valence-electron chi connectivity index (χ0n) is 19.0. The summed E-state index contributed by atoms with van der Waals surface area (Å²) in [5.74, 6) is 0.981. The van der Waals surface area contributed by atoms with E-state index in [2.05, 4.69) is 41.4 Å². The monoisotopic (exact) mass is 571 g/mol. The van der Waals surface area contributed by atoms with Gasteiger partial charge in [-0.1, -0.05) is 38.1 Å². The van der Waals surface area contributed by atoms with E-state index in [-0.39, 0.29) is 24.0 Å². The molecule has 1 aliphatic heterocycles. The average molecular weight is 571 g/mol. The van der Waals surface area contributed by atoms with Crippen LogP contribution in [-0.2, 0) is 16.1 Å². The molecule has 0 aliphatic carbocycles. The lowest BCUT2D eigenvalue weighted by Crippen LogP contribution is -2.05. The van der Waals surface area contributed by atoms with E-state index in [1.165, 1.54) is 17.7 Å². The number of halogens is 2. The molecule has 34 heavy (non-hydrogen) atoms. The fraction of sp³-hybridized carbons (Fsp3) is 0.185. The molecule has 0 saturated carbocycles. The maximum atomic E-state index is 13.1. The average Bonchev–Trinajstić information content (AvgIpc) is 3.19. The standard InChI is InChI=1S/C27H23FINO4/c1-16(2)19-6-8-20(9-7-19)26-30-23(27(31)34-26)13-18-12-22(29)25(24(14-18)32-3)33-15-17-4-10-21(28)11-5-17/h4-14,16H,15H2,1-3H3/b23-13-. The third-order valence-corrected chi connectivity index (χ3v) is 6.10. The van der Waals surface area contributed by atoms with Crippen molar-refractivity contribution in [2.45, 2.75) is 26.4 Å². The summed E-state index contributed by atoms with van der Waals surface area (Å²) in [7, 11) is 1.55. The highest BCUT2D eigenvalue weighted by atomic mass is 127. The van der Waals surface area contributed by atoms with Crippen molar-refractivity contribution in [1.29, 1.82) is 0 Å². The summed E-state index contributed by atoms with van der Waals surface area (Å²) in [5.41, 5.74) is 3.72. The molecule has 0 aromatic heterocycles. The Bertz CT molecular complexity index is 1270. The maximum Gasteiger partial charge on any atom is 0.363 e. The molecule has 0 unspecified atom stereocenters. The Labute approximate surface area is 211 Å². The fourth-order valence-corrected chi connectivity index (χ4v) is 4.18. The van der Waals surface area contributed by atoms with Gasteiger partial charge >= 0.3 is 5.97 Å². The predicted octanol–water partition coefficient (Wildman–Crippen LogP) is 6.49. The van der Waals surface area contributed by atoms with E-state index >= 15 is 0 Å². The molecule has 0 bridgehead atoms. The lowest BCUT2D eigenvalue weighted by Gasteiger charge is -2.14. The van der Waals surface area contributed by atoms with Gasteiger partial charge in [-0.25, -0.2) is 14.2 Å². The Morgan fingerprint density at radius 1 is 1.09 bits per heavy atom. The zero-order valence-corrected chi connectivity index (χ0v) is 21.1. The summed E-state index contributed by atoms with van der Waals surface area (Å²) in [6.07, 6.45) is 1.66. The van der Waals surface area contributed by atoms with Crippen LogP contribution in [0.15, 0.2) is 71.4 Å². The van der Waals surface area contributed by atoms with Gasteiger partial charge in [-0.05, 0) is 87.7 Å². The first-order chi connectivity index (χ1) is 16.3. The van der Waals surface area contributed by atoms with Crippen LogP contribution in [-0.4, -0.2) is 19.0 Å².